The molecule has 1 unspecified atom stereocenters. The second-order valence-electron chi connectivity index (χ2n) is 9.33. The van der Waals surface area contributed by atoms with Gasteiger partial charge in [0.25, 0.3) is 5.91 Å². The molecule has 1 atom stereocenters. The number of para-hydroxylation sites is 1. The normalized spacial score (nSPS) is 19.4. The summed E-state index contributed by atoms with van der Waals surface area (Å²) in [6.07, 6.45) is 5.94. The molecule has 1 aromatic carbocycles. The molecule has 5 rings (SSSR count). The zero-order valence-electron chi connectivity index (χ0n) is 19.0. The van der Waals surface area contributed by atoms with Crippen LogP contribution in [0.4, 0.5) is 0 Å². The van der Waals surface area contributed by atoms with Crippen molar-refractivity contribution in [2.24, 2.45) is 11.8 Å². The van der Waals surface area contributed by atoms with E-state index < -0.39 is 0 Å². The molecule has 0 saturated carbocycles. The van der Waals surface area contributed by atoms with Crippen molar-refractivity contribution in [3.8, 4) is 5.88 Å². The maximum absolute atomic E-state index is 13.1. The summed E-state index contributed by atoms with van der Waals surface area (Å²) in [6, 6.07) is 11.8. The van der Waals surface area contributed by atoms with Gasteiger partial charge in [-0.25, -0.2) is 4.98 Å². The third kappa shape index (κ3) is 4.72. The Bertz CT molecular complexity index is 1150. The van der Waals surface area contributed by atoms with Gasteiger partial charge in [0, 0.05) is 67.9 Å². The number of piperidine rings is 1. The Morgan fingerprint density at radius 3 is 2.82 bits per heavy atom. The van der Waals surface area contributed by atoms with E-state index in [-0.39, 0.29) is 17.7 Å². The van der Waals surface area contributed by atoms with E-state index in [1.807, 2.05) is 59.3 Å². The maximum atomic E-state index is 13.1. The summed E-state index contributed by atoms with van der Waals surface area (Å²) in [5, 5.41) is 0.974. The van der Waals surface area contributed by atoms with Gasteiger partial charge < -0.3 is 19.5 Å². The molecule has 2 aromatic heterocycles. The van der Waals surface area contributed by atoms with E-state index in [0.717, 1.165) is 61.1 Å². The van der Waals surface area contributed by atoms with Crippen molar-refractivity contribution in [2.45, 2.75) is 26.2 Å². The number of likely N-dealkylation sites (tertiary alicyclic amines) is 2. The molecule has 33 heavy (non-hydrogen) atoms. The van der Waals surface area contributed by atoms with Crippen molar-refractivity contribution in [3.63, 3.8) is 0 Å². The minimum Gasteiger partial charge on any atom is -0.477 e. The van der Waals surface area contributed by atoms with E-state index in [1.165, 1.54) is 0 Å². The summed E-state index contributed by atoms with van der Waals surface area (Å²) in [4.78, 5) is 37.0. The summed E-state index contributed by atoms with van der Waals surface area (Å²) in [7, 11) is 0. The Morgan fingerprint density at radius 1 is 1.18 bits per heavy atom. The molecule has 0 bridgehead atoms. The fourth-order valence-electron chi connectivity index (χ4n) is 4.98. The molecule has 4 heterocycles. The number of rotatable bonds is 6. The van der Waals surface area contributed by atoms with E-state index in [1.54, 1.807) is 6.20 Å². The first-order valence-corrected chi connectivity index (χ1v) is 11.8. The third-order valence-electron chi connectivity index (χ3n) is 6.85. The number of ether oxygens (including phenoxy) is 1. The largest absolute Gasteiger partial charge is 0.477 e. The highest BCUT2D eigenvalue weighted by atomic mass is 16.5. The molecule has 2 fully saturated rings. The first kappa shape index (κ1) is 21.5. The summed E-state index contributed by atoms with van der Waals surface area (Å²) in [6.45, 7) is 5.49. The van der Waals surface area contributed by atoms with Crippen molar-refractivity contribution < 1.29 is 14.3 Å². The van der Waals surface area contributed by atoms with Crippen LogP contribution in [0.15, 0.2) is 48.8 Å². The number of aromatic amines is 1. The van der Waals surface area contributed by atoms with Gasteiger partial charge in [0.2, 0.25) is 11.8 Å². The molecular formula is C26H30N4O3. The molecule has 0 radical (unpaired) electrons. The maximum Gasteiger partial charge on any atom is 0.256 e. The quantitative estimate of drug-likeness (QED) is 0.627. The minimum atomic E-state index is 0.0881. The molecule has 0 aliphatic carbocycles. The Kier molecular flexibility index (Phi) is 6.03. The number of pyridine rings is 1. The number of aromatic nitrogens is 2. The number of carbonyl (C=O) groups is 2. The lowest BCUT2D eigenvalue weighted by molar-refractivity contribution is -0.128. The van der Waals surface area contributed by atoms with Gasteiger partial charge in [0.15, 0.2) is 0 Å². The van der Waals surface area contributed by atoms with Crippen LogP contribution in [0.1, 0.15) is 35.2 Å². The van der Waals surface area contributed by atoms with Crippen molar-refractivity contribution in [3.05, 3.63) is 59.9 Å². The Labute approximate surface area is 193 Å². The number of carbonyl (C=O) groups excluding carboxylic acids is 2. The van der Waals surface area contributed by atoms with E-state index >= 15 is 0 Å². The molecular weight excluding hydrogens is 416 g/mol. The molecule has 172 valence electrons. The number of fused-ring (bicyclic) bond motifs is 1. The van der Waals surface area contributed by atoms with Gasteiger partial charge >= 0.3 is 0 Å². The standard InChI is InChI=1S/C26H30N4O3/c1-18-6-9-27-24(12-18)33-17-20-13-25(31)30(16-20)15-19-7-10-29(11-8-19)26(32)22-14-28-23-5-3-2-4-21(22)23/h2-6,9,12,14,19-20,28H,7-8,10-11,13,15-17H2,1H3. The average molecular weight is 447 g/mol. The van der Waals surface area contributed by atoms with Crippen LogP contribution < -0.4 is 4.74 Å². The third-order valence-corrected chi connectivity index (χ3v) is 6.85. The summed E-state index contributed by atoms with van der Waals surface area (Å²) in [5.74, 6) is 1.54. The minimum absolute atomic E-state index is 0.0881. The van der Waals surface area contributed by atoms with Gasteiger partial charge in [-0.15, -0.1) is 0 Å². The van der Waals surface area contributed by atoms with Gasteiger partial charge in [0.1, 0.15) is 0 Å². The van der Waals surface area contributed by atoms with Gasteiger partial charge in [-0.2, -0.15) is 0 Å². The van der Waals surface area contributed by atoms with Crippen LogP contribution in [-0.2, 0) is 4.79 Å². The number of H-pyrrole nitrogens is 1. The molecule has 2 aliphatic rings. The molecule has 2 saturated heterocycles. The number of nitrogens with one attached hydrogen (secondary N) is 1. The predicted octanol–water partition coefficient (Wildman–Crippen LogP) is 3.65. The average Bonchev–Trinajstić information content (AvgIpc) is 3.41. The van der Waals surface area contributed by atoms with Crippen molar-refractivity contribution in [1.29, 1.82) is 0 Å². The van der Waals surface area contributed by atoms with E-state index in [9.17, 15) is 9.59 Å². The van der Waals surface area contributed by atoms with Crippen molar-refractivity contribution in [2.75, 3.05) is 32.8 Å². The molecule has 1 N–H and O–H groups in total. The van der Waals surface area contributed by atoms with Crippen LogP contribution in [0.2, 0.25) is 0 Å². The second kappa shape index (κ2) is 9.25. The predicted molar refractivity (Wildman–Crippen MR) is 126 cm³/mol. The fourth-order valence-corrected chi connectivity index (χ4v) is 4.98. The lowest BCUT2D eigenvalue weighted by atomic mass is 9.95. The fraction of sp³-hybridized carbons (Fsp3) is 0.423. The molecule has 2 aliphatic heterocycles. The zero-order valence-corrected chi connectivity index (χ0v) is 19.0. The molecule has 7 heteroatoms. The summed E-state index contributed by atoms with van der Waals surface area (Å²) in [5.41, 5.74) is 2.84. The number of hydrogen-bond acceptors (Lipinski definition) is 4. The topological polar surface area (TPSA) is 78.5 Å². The van der Waals surface area contributed by atoms with Crippen LogP contribution >= 0.6 is 0 Å². The number of amides is 2. The van der Waals surface area contributed by atoms with E-state index in [0.29, 0.717) is 24.8 Å². The highest BCUT2D eigenvalue weighted by molar-refractivity contribution is 6.06. The van der Waals surface area contributed by atoms with Gasteiger partial charge in [-0.1, -0.05) is 18.2 Å². The van der Waals surface area contributed by atoms with Crippen LogP contribution in [0, 0.1) is 18.8 Å². The smallest absolute Gasteiger partial charge is 0.256 e. The summed E-state index contributed by atoms with van der Waals surface area (Å²) < 4.78 is 5.83. The van der Waals surface area contributed by atoms with Gasteiger partial charge in [-0.05, 0) is 43.4 Å². The second-order valence-corrected chi connectivity index (χ2v) is 9.33. The van der Waals surface area contributed by atoms with E-state index in [2.05, 4.69) is 9.97 Å². The van der Waals surface area contributed by atoms with Gasteiger partial charge in [-0.3, -0.25) is 9.59 Å². The first-order valence-electron chi connectivity index (χ1n) is 11.8. The molecule has 0 spiro atoms. The number of hydrogen-bond donors (Lipinski definition) is 1. The lowest BCUT2D eigenvalue weighted by Gasteiger charge is -2.34. The van der Waals surface area contributed by atoms with Crippen LogP contribution in [0.3, 0.4) is 0 Å². The summed E-state index contributed by atoms with van der Waals surface area (Å²) >= 11 is 0. The lowest BCUT2D eigenvalue weighted by Crippen LogP contribution is -2.42. The first-order chi connectivity index (χ1) is 16.1. The highest BCUT2D eigenvalue weighted by Gasteiger charge is 2.33. The Hall–Kier alpha value is -3.35. The zero-order chi connectivity index (χ0) is 22.8. The van der Waals surface area contributed by atoms with E-state index in [4.69, 9.17) is 4.74 Å². The Balaban J connectivity index is 1.10. The van der Waals surface area contributed by atoms with Gasteiger partial charge in [0.05, 0.1) is 12.2 Å². The van der Waals surface area contributed by atoms with Crippen molar-refractivity contribution in [1.82, 2.24) is 19.8 Å². The number of benzene rings is 1. The van der Waals surface area contributed by atoms with Crippen LogP contribution in [-0.4, -0.2) is 64.4 Å². The monoisotopic (exact) mass is 446 g/mol. The highest BCUT2D eigenvalue weighted by Crippen LogP contribution is 2.26. The van der Waals surface area contributed by atoms with Crippen LogP contribution in [0.25, 0.3) is 10.9 Å². The van der Waals surface area contributed by atoms with Crippen LogP contribution in [0.5, 0.6) is 5.88 Å². The SMILES string of the molecule is Cc1ccnc(OCC2CC(=O)N(CC3CCN(C(=O)c4c[nH]c5ccccc45)CC3)C2)c1. The number of aryl methyl sites for hydroxylation is 1. The van der Waals surface area contributed by atoms with Crippen molar-refractivity contribution >= 4 is 22.7 Å². The molecule has 3 aromatic rings. The Morgan fingerprint density at radius 2 is 2.00 bits per heavy atom. The number of nitrogens with zero attached hydrogens (tertiary/aromatic N) is 3. The molecule has 2 amide bonds. The molecule has 7 nitrogen and oxygen atoms in total.